The second-order valence-corrected chi connectivity index (χ2v) is 3.06. The van der Waals surface area contributed by atoms with Gasteiger partial charge in [0.05, 0.1) is 12.8 Å². The highest BCUT2D eigenvalue weighted by Crippen LogP contribution is 2.24. The van der Waals surface area contributed by atoms with Crippen molar-refractivity contribution in [2.75, 3.05) is 14.2 Å². The molecule has 0 radical (unpaired) electrons. The zero-order valence-electron chi connectivity index (χ0n) is 9.67. The predicted octanol–water partition coefficient (Wildman–Crippen LogP) is 1.11. The van der Waals surface area contributed by atoms with E-state index in [1.807, 2.05) is 0 Å². The topological polar surface area (TPSA) is 53.9 Å². The summed E-state index contributed by atoms with van der Waals surface area (Å²) in [5, 5.41) is 1.24. The number of methoxy groups -OCH3 is 1. The van der Waals surface area contributed by atoms with Gasteiger partial charge in [0.2, 0.25) is 0 Å². The number of halogens is 1. The molecule has 0 fully saturated rings. The number of nitrogens with zero attached hydrogens (tertiary/aromatic N) is 2. The zero-order chi connectivity index (χ0) is 12.3. The Morgan fingerprint density at radius 3 is 2.69 bits per heavy atom. The number of allylic oxidation sites excluding steroid dienone is 2. The van der Waals surface area contributed by atoms with E-state index < -0.39 is 11.8 Å². The van der Waals surface area contributed by atoms with Crippen LogP contribution in [0.5, 0.6) is 0 Å². The second kappa shape index (κ2) is 4.89. The third kappa shape index (κ3) is 1.96. The third-order valence-electron chi connectivity index (χ3n) is 2.12. The van der Waals surface area contributed by atoms with Crippen LogP contribution in [0, 0.1) is 0 Å². The van der Waals surface area contributed by atoms with Crippen LogP contribution in [0.4, 0.5) is 4.39 Å². The van der Waals surface area contributed by atoms with Crippen LogP contribution in [0.1, 0.15) is 13.8 Å². The van der Waals surface area contributed by atoms with Crippen LogP contribution in [0.3, 0.4) is 0 Å². The van der Waals surface area contributed by atoms with E-state index in [-0.39, 0.29) is 11.4 Å². The average molecular weight is 227 g/mol. The summed E-state index contributed by atoms with van der Waals surface area (Å²) in [6.45, 7) is 3.24. The molecule has 16 heavy (non-hydrogen) atoms. The van der Waals surface area contributed by atoms with E-state index in [1.165, 1.54) is 19.0 Å². The number of hydrogen-bond donors (Lipinski definition) is 1. The highest BCUT2D eigenvalue weighted by atomic mass is 19.1. The van der Waals surface area contributed by atoms with Crippen LogP contribution in [-0.2, 0) is 9.53 Å². The molecule has 0 aromatic heterocycles. The number of nitrogens with one attached hydrogen (secondary N) is 1. The van der Waals surface area contributed by atoms with E-state index >= 15 is 0 Å². The largest absolute Gasteiger partial charge is 0.464 e. The molecule has 1 N–H and O–H groups in total. The first kappa shape index (κ1) is 12.4. The van der Waals surface area contributed by atoms with Gasteiger partial charge in [-0.15, -0.1) is 0 Å². The van der Waals surface area contributed by atoms with Gasteiger partial charge in [-0.1, -0.05) is 0 Å². The van der Waals surface area contributed by atoms with E-state index in [9.17, 15) is 9.18 Å². The molecular weight excluding hydrogens is 213 g/mol. The van der Waals surface area contributed by atoms with E-state index in [1.54, 1.807) is 20.0 Å². The molecule has 0 unspecified atom stereocenters. The van der Waals surface area contributed by atoms with Crippen molar-refractivity contribution in [2.45, 2.75) is 13.8 Å². The number of esters is 1. The smallest absolute Gasteiger partial charge is 0.359 e. The molecule has 0 spiro atoms. The highest BCUT2D eigenvalue weighted by Gasteiger charge is 2.30. The van der Waals surface area contributed by atoms with Crippen LogP contribution < -0.4 is 5.43 Å². The van der Waals surface area contributed by atoms with E-state index in [4.69, 9.17) is 0 Å². The first-order valence-electron chi connectivity index (χ1n) is 4.74. The molecule has 1 heterocycles. The summed E-state index contributed by atoms with van der Waals surface area (Å²) in [6.07, 6.45) is 1.66. The highest BCUT2D eigenvalue weighted by molar-refractivity contribution is 6.05. The summed E-state index contributed by atoms with van der Waals surface area (Å²) < 4.78 is 18.3. The monoisotopic (exact) mass is 227 g/mol. The van der Waals surface area contributed by atoms with Crippen molar-refractivity contribution in [3.8, 4) is 0 Å². The predicted molar refractivity (Wildman–Crippen MR) is 57.9 cm³/mol. The molecule has 88 valence electrons. The van der Waals surface area contributed by atoms with Crippen molar-refractivity contribution >= 4 is 11.7 Å². The Labute approximate surface area is 93.3 Å². The molecule has 1 aliphatic heterocycles. The quantitative estimate of drug-likeness (QED) is 0.718. The molecule has 0 saturated carbocycles. The Hall–Kier alpha value is -1.69. The van der Waals surface area contributed by atoms with Gasteiger partial charge in [-0.05, 0) is 19.9 Å². The zero-order valence-corrected chi connectivity index (χ0v) is 9.67. The Morgan fingerprint density at radius 1 is 1.62 bits per heavy atom. The first-order valence-corrected chi connectivity index (χ1v) is 4.74. The number of hydrogen-bond acceptors (Lipinski definition) is 5. The van der Waals surface area contributed by atoms with Crippen molar-refractivity contribution in [3.05, 3.63) is 23.4 Å². The van der Waals surface area contributed by atoms with Crippen LogP contribution in [-0.4, -0.2) is 30.8 Å². The molecule has 0 aromatic carbocycles. The summed E-state index contributed by atoms with van der Waals surface area (Å²) in [6, 6.07) is 0. The first-order chi connectivity index (χ1) is 7.56. The van der Waals surface area contributed by atoms with Gasteiger partial charge in [0.15, 0.2) is 11.5 Å². The Bertz CT molecular complexity index is 399. The number of hydrazine groups is 1. The van der Waals surface area contributed by atoms with Crippen molar-refractivity contribution in [1.82, 2.24) is 10.4 Å². The minimum atomic E-state index is -0.750. The van der Waals surface area contributed by atoms with E-state index in [0.717, 1.165) is 0 Å². The molecule has 5 nitrogen and oxygen atoms in total. The fourth-order valence-electron chi connectivity index (χ4n) is 1.35. The molecule has 1 aliphatic rings. The molecule has 1 rings (SSSR count). The normalized spacial score (nSPS) is 18.9. The molecule has 0 amide bonds. The molecular formula is C10H14FN3O2. The van der Waals surface area contributed by atoms with Crippen LogP contribution in [0.15, 0.2) is 28.4 Å². The van der Waals surface area contributed by atoms with Gasteiger partial charge < -0.3 is 4.74 Å². The molecule has 0 aliphatic carbocycles. The Morgan fingerprint density at radius 2 is 2.25 bits per heavy atom. The standard InChI is InChI=1S/C10H14FN3O2/c1-5-7-13-6(2)8(11)9(10(15)16-4)14(7)12-3/h5,12H,1-4H3/b7-5-. The summed E-state index contributed by atoms with van der Waals surface area (Å²) in [5.74, 6) is -0.992. The van der Waals surface area contributed by atoms with E-state index in [2.05, 4.69) is 15.2 Å². The molecule has 0 bridgehead atoms. The SMILES string of the molecule is C/C=C1/N=C(C)C(F)=C(C(=O)OC)N1NC. The van der Waals surface area contributed by atoms with Crippen LogP contribution in [0.25, 0.3) is 0 Å². The van der Waals surface area contributed by atoms with Crippen LogP contribution >= 0.6 is 0 Å². The summed E-state index contributed by atoms with van der Waals surface area (Å²) in [4.78, 5) is 15.5. The lowest BCUT2D eigenvalue weighted by Gasteiger charge is -2.28. The molecule has 6 heteroatoms. The fraction of sp³-hybridized carbons (Fsp3) is 0.400. The van der Waals surface area contributed by atoms with Gasteiger partial charge in [0.25, 0.3) is 0 Å². The van der Waals surface area contributed by atoms with E-state index in [0.29, 0.717) is 5.82 Å². The van der Waals surface area contributed by atoms with Gasteiger partial charge in [0, 0.05) is 7.05 Å². The summed E-state index contributed by atoms with van der Waals surface area (Å²) >= 11 is 0. The van der Waals surface area contributed by atoms with Crippen molar-refractivity contribution in [1.29, 1.82) is 0 Å². The second-order valence-electron chi connectivity index (χ2n) is 3.06. The van der Waals surface area contributed by atoms with Crippen molar-refractivity contribution in [3.63, 3.8) is 0 Å². The van der Waals surface area contributed by atoms with Gasteiger partial charge in [-0.25, -0.2) is 19.6 Å². The third-order valence-corrected chi connectivity index (χ3v) is 2.12. The van der Waals surface area contributed by atoms with Crippen molar-refractivity contribution in [2.24, 2.45) is 4.99 Å². The lowest BCUT2D eigenvalue weighted by molar-refractivity contribution is -0.138. The van der Waals surface area contributed by atoms with Gasteiger partial charge in [-0.3, -0.25) is 5.01 Å². The molecule has 0 saturated heterocycles. The maximum absolute atomic E-state index is 13.8. The number of rotatable bonds is 2. The number of aliphatic imine (C=N–C) groups is 1. The summed E-state index contributed by atoms with van der Waals surface area (Å²) in [7, 11) is 2.77. The lowest BCUT2D eigenvalue weighted by Crippen LogP contribution is -2.40. The average Bonchev–Trinajstić information content (AvgIpc) is 2.30. The van der Waals surface area contributed by atoms with Gasteiger partial charge in [-0.2, -0.15) is 0 Å². The maximum atomic E-state index is 13.8. The number of ether oxygens (including phenoxy) is 1. The minimum absolute atomic E-state index is 0.153. The number of carbonyl (C=O) groups is 1. The number of carbonyl (C=O) groups excluding carboxylic acids is 1. The minimum Gasteiger partial charge on any atom is -0.464 e. The maximum Gasteiger partial charge on any atom is 0.359 e. The van der Waals surface area contributed by atoms with Gasteiger partial charge in [0.1, 0.15) is 5.82 Å². The summed E-state index contributed by atoms with van der Waals surface area (Å²) in [5.41, 5.74) is 2.64. The molecule has 0 aromatic rings. The Balaban J connectivity index is 3.30. The lowest BCUT2D eigenvalue weighted by atomic mass is 10.2. The fourth-order valence-corrected chi connectivity index (χ4v) is 1.35. The molecule has 0 atom stereocenters. The van der Waals surface area contributed by atoms with Crippen LogP contribution in [0.2, 0.25) is 0 Å². The van der Waals surface area contributed by atoms with Crippen molar-refractivity contribution < 1.29 is 13.9 Å². The Kier molecular flexibility index (Phi) is 3.78. The van der Waals surface area contributed by atoms with Gasteiger partial charge >= 0.3 is 5.97 Å².